The molecule has 0 radical (unpaired) electrons. The molecule has 0 aliphatic rings. The molecule has 0 aromatic carbocycles. The summed E-state index contributed by atoms with van der Waals surface area (Å²) in [6.07, 6.45) is 46.5. The Labute approximate surface area is 281 Å². The van der Waals surface area contributed by atoms with Crippen LogP contribution >= 0.6 is 0 Å². The van der Waals surface area contributed by atoms with Crippen molar-refractivity contribution in [3.05, 3.63) is 24.3 Å². The second-order valence-corrected chi connectivity index (χ2v) is 13.4. The summed E-state index contributed by atoms with van der Waals surface area (Å²) in [6, 6.07) is 0. The fourth-order valence-corrected chi connectivity index (χ4v) is 5.76. The number of hydrogen-bond acceptors (Lipinski definition) is 4. The first-order chi connectivity index (χ1) is 22.2. The molecular weight excluding hydrogens is 556 g/mol. The van der Waals surface area contributed by atoms with E-state index in [1.54, 1.807) is 0 Å². The molecule has 0 heterocycles. The third kappa shape index (κ3) is 37.2. The van der Waals surface area contributed by atoms with E-state index in [1.807, 2.05) is 0 Å². The second kappa shape index (κ2) is 39.1. The molecule has 45 heavy (non-hydrogen) atoms. The number of aliphatic hydroxyl groups excluding tert-OH is 1. The van der Waals surface area contributed by atoms with Crippen LogP contribution in [0.25, 0.3) is 0 Å². The molecule has 0 saturated heterocycles. The molecule has 0 fully saturated rings. The quantitative estimate of drug-likeness (QED) is 0.0420. The van der Waals surface area contributed by atoms with Gasteiger partial charge in [-0.1, -0.05) is 186 Å². The third-order valence-corrected chi connectivity index (χ3v) is 8.78. The first-order valence-corrected chi connectivity index (χ1v) is 19.9. The van der Waals surface area contributed by atoms with Crippen LogP contribution in [0.3, 0.4) is 0 Å². The maximum absolute atomic E-state index is 12.2. The van der Waals surface area contributed by atoms with Crippen LogP contribution in [0.4, 0.5) is 0 Å². The Hall–Kier alpha value is -1.13. The minimum absolute atomic E-state index is 0.172. The highest BCUT2D eigenvalue weighted by atomic mass is 16.6. The Bertz CT molecular complexity index is 629. The summed E-state index contributed by atoms with van der Waals surface area (Å²) in [5.74, 6) is -0.201. The molecule has 0 rings (SSSR count). The Morgan fingerprint density at radius 2 is 0.956 bits per heavy atom. The van der Waals surface area contributed by atoms with Crippen molar-refractivity contribution in [3.63, 3.8) is 0 Å². The van der Waals surface area contributed by atoms with Crippen LogP contribution in [0, 0.1) is 0 Å². The molecule has 1 N–H and O–H groups in total. The Morgan fingerprint density at radius 1 is 0.533 bits per heavy atom. The SMILES string of the molecule is CCCC/C=C\C/C=C\CCCCCCCCOCC(CO)OC(=O)CCCCCCCCCCCCCCCCCCCC. The summed E-state index contributed by atoms with van der Waals surface area (Å²) in [5.41, 5.74) is 0. The molecule has 0 aliphatic heterocycles. The van der Waals surface area contributed by atoms with Gasteiger partial charge in [0, 0.05) is 13.0 Å². The Kier molecular flexibility index (Phi) is 38.1. The van der Waals surface area contributed by atoms with E-state index in [0.717, 1.165) is 25.7 Å². The van der Waals surface area contributed by atoms with Crippen molar-refractivity contribution in [3.8, 4) is 0 Å². The summed E-state index contributed by atoms with van der Waals surface area (Å²) >= 11 is 0. The van der Waals surface area contributed by atoms with Gasteiger partial charge in [0.1, 0.15) is 6.10 Å². The smallest absolute Gasteiger partial charge is 0.306 e. The van der Waals surface area contributed by atoms with Crippen molar-refractivity contribution in [2.75, 3.05) is 19.8 Å². The molecule has 266 valence electrons. The van der Waals surface area contributed by atoms with Crippen LogP contribution in [0.2, 0.25) is 0 Å². The zero-order valence-corrected chi connectivity index (χ0v) is 30.4. The lowest BCUT2D eigenvalue weighted by Gasteiger charge is -2.15. The van der Waals surface area contributed by atoms with Gasteiger partial charge in [0.2, 0.25) is 0 Å². The largest absolute Gasteiger partial charge is 0.457 e. The number of carbonyl (C=O) groups excluding carboxylic acids is 1. The molecule has 0 spiro atoms. The Morgan fingerprint density at radius 3 is 1.44 bits per heavy atom. The van der Waals surface area contributed by atoms with E-state index in [1.165, 1.54) is 161 Å². The predicted molar refractivity (Wildman–Crippen MR) is 196 cm³/mol. The molecule has 0 aromatic heterocycles. The lowest BCUT2D eigenvalue weighted by molar-refractivity contribution is -0.154. The van der Waals surface area contributed by atoms with Gasteiger partial charge in [-0.2, -0.15) is 0 Å². The first-order valence-electron chi connectivity index (χ1n) is 19.9. The maximum atomic E-state index is 12.2. The minimum atomic E-state index is -0.534. The van der Waals surface area contributed by atoms with Gasteiger partial charge >= 0.3 is 5.97 Å². The standard InChI is InChI=1S/C41H78O4/c1-3-5-7-9-11-13-15-17-19-20-21-22-24-26-28-30-32-34-36-41(43)45-40(38-42)39-44-37-35-33-31-29-27-25-23-18-16-14-12-10-8-6-4-2/h10,12,16,18,40,42H,3-9,11,13-15,17,19-39H2,1-2H3/b12-10-,18-16-. The molecule has 0 aliphatic carbocycles. The van der Waals surface area contributed by atoms with Crippen molar-refractivity contribution >= 4 is 5.97 Å². The number of ether oxygens (including phenoxy) is 2. The number of aliphatic hydroxyl groups is 1. The molecule has 4 heteroatoms. The van der Waals surface area contributed by atoms with E-state index in [4.69, 9.17) is 9.47 Å². The van der Waals surface area contributed by atoms with Crippen LogP contribution in [-0.2, 0) is 14.3 Å². The number of rotatable bonds is 37. The van der Waals surface area contributed by atoms with Crippen molar-refractivity contribution < 1.29 is 19.4 Å². The highest BCUT2D eigenvalue weighted by Gasteiger charge is 2.13. The predicted octanol–water partition coefficient (Wildman–Crippen LogP) is 12.8. The number of esters is 1. The highest BCUT2D eigenvalue weighted by molar-refractivity contribution is 5.69. The zero-order chi connectivity index (χ0) is 32.7. The fourth-order valence-electron chi connectivity index (χ4n) is 5.76. The van der Waals surface area contributed by atoms with Crippen molar-refractivity contribution in [2.24, 2.45) is 0 Å². The summed E-state index contributed by atoms with van der Waals surface area (Å²) in [6.45, 7) is 5.31. The van der Waals surface area contributed by atoms with Gasteiger partial charge < -0.3 is 14.6 Å². The number of unbranched alkanes of at least 4 members (excludes halogenated alkanes) is 25. The summed E-state index contributed by atoms with van der Waals surface area (Å²) in [5, 5.41) is 9.57. The second-order valence-electron chi connectivity index (χ2n) is 13.4. The van der Waals surface area contributed by atoms with E-state index in [-0.39, 0.29) is 12.6 Å². The monoisotopic (exact) mass is 635 g/mol. The van der Waals surface area contributed by atoms with Gasteiger partial charge in [-0.3, -0.25) is 4.79 Å². The van der Waals surface area contributed by atoms with Gasteiger partial charge in [0.15, 0.2) is 0 Å². The van der Waals surface area contributed by atoms with E-state index >= 15 is 0 Å². The van der Waals surface area contributed by atoms with E-state index in [9.17, 15) is 9.90 Å². The molecule has 4 nitrogen and oxygen atoms in total. The number of hydrogen-bond donors (Lipinski definition) is 1. The van der Waals surface area contributed by atoms with Gasteiger partial charge in [0.25, 0.3) is 0 Å². The van der Waals surface area contributed by atoms with Crippen LogP contribution in [0.15, 0.2) is 24.3 Å². The van der Waals surface area contributed by atoms with Crippen molar-refractivity contribution in [1.29, 1.82) is 0 Å². The van der Waals surface area contributed by atoms with Gasteiger partial charge in [-0.25, -0.2) is 0 Å². The normalized spacial score (nSPS) is 12.5. The Balaban J connectivity index is 3.41. The number of carbonyl (C=O) groups is 1. The van der Waals surface area contributed by atoms with Gasteiger partial charge in [-0.05, 0) is 38.5 Å². The molecule has 0 aromatic rings. The first kappa shape index (κ1) is 43.9. The lowest BCUT2D eigenvalue weighted by Crippen LogP contribution is -2.27. The van der Waals surface area contributed by atoms with Crippen LogP contribution < -0.4 is 0 Å². The summed E-state index contributed by atoms with van der Waals surface area (Å²) < 4.78 is 11.1. The minimum Gasteiger partial charge on any atom is -0.457 e. The van der Waals surface area contributed by atoms with Crippen molar-refractivity contribution in [2.45, 2.75) is 213 Å². The van der Waals surface area contributed by atoms with Gasteiger partial charge in [-0.15, -0.1) is 0 Å². The third-order valence-electron chi connectivity index (χ3n) is 8.78. The summed E-state index contributed by atoms with van der Waals surface area (Å²) in [7, 11) is 0. The van der Waals surface area contributed by atoms with Gasteiger partial charge in [0.05, 0.1) is 13.2 Å². The molecule has 0 amide bonds. The van der Waals surface area contributed by atoms with Crippen LogP contribution in [0.5, 0.6) is 0 Å². The van der Waals surface area contributed by atoms with Crippen molar-refractivity contribution in [1.82, 2.24) is 0 Å². The van der Waals surface area contributed by atoms with E-state index in [2.05, 4.69) is 38.2 Å². The average molecular weight is 635 g/mol. The van der Waals surface area contributed by atoms with E-state index < -0.39 is 6.10 Å². The fraction of sp³-hybridized carbons (Fsp3) is 0.878. The molecule has 1 atom stereocenters. The maximum Gasteiger partial charge on any atom is 0.306 e. The lowest BCUT2D eigenvalue weighted by atomic mass is 10.0. The van der Waals surface area contributed by atoms with Crippen LogP contribution in [0.1, 0.15) is 206 Å². The molecule has 0 bridgehead atoms. The molecule has 0 saturated carbocycles. The van der Waals surface area contributed by atoms with Crippen LogP contribution in [-0.4, -0.2) is 37.0 Å². The average Bonchev–Trinajstić information content (AvgIpc) is 3.05. The summed E-state index contributed by atoms with van der Waals surface area (Å²) in [4.78, 5) is 12.2. The van der Waals surface area contributed by atoms with E-state index in [0.29, 0.717) is 19.6 Å². The zero-order valence-electron chi connectivity index (χ0n) is 30.4. The topological polar surface area (TPSA) is 55.8 Å². The number of allylic oxidation sites excluding steroid dienone is 4. The molecule has 1 unspecified atom stereocenters. The molecular formula is C41H78O4. The highest BCUT2D eigenvalue weighted by Crippen LogP contribution is 2.15.